The molecule has 0 saturated carbocycles. The minimum atomic E-state index is 0.732. The van der Waals surface area contributed by atoms with Gasteiger partial charge in [-0.25, -0.2) is 15.0 Å². The highest BCUT2D eigenvalue weighted by Crippen LogP contribution is 2.39. The molecule has 3 nitrogen and oxygen atoms in total. The smallest absolute Gasteiger partial charge is 0.165 e. The standard InChI is InChI=1S/C23H17N3S/c1-2-20-24-22(15-9-4-3-5-10-15)26-23(25-20)18-13-8-12-17-16-11-6-7-14-19(16)27-21(17)18/h3-14H,2H2,1H3. The van der Waals surface area contributed by atoms with Crippen LogP contribution in [-0.4, -0.2) is 15.0 Å². The molecule has 0 amide bonds. The van der Waals surface area contributed by atoms with Crippen LogP contribution in [0.4, 0.5) is 0 Å². The van der Waals surface area contributed by atoms with E-state index in [0.29, 0.717) is 0 Å². The average molecular weight is 367 g/mol. The van der Waals surface area contributed by atoms with Crippen molar-refractivity contribution < 1.29 is 0 Å². The molecule has 0 saturated heterocycles. The summed E-state index contributed by atoms with van der Waals surface area (Å²) >= 11 is 1.80. The Morgan fingerprint density at radius 2 is 1.44 bits per heavy atom. The Morgan fingerprint density at radius 3 is 2.30 bits per heavy atom. The highest BCUT2D eigenvalue weighted by atomic mass is 32.1. The van der Waals surface area contributed by atoms with Crippen LogP contribution in [0, 0.1) is 0 Å². The maximum absolute atomic E-state index is 4.83. The van der Waals surface area contributed by atoms with Gasteiger partial charge in [0, 0.05) is 37.7 Å². The van der Waals surface area contributed by atoms with E-state index in [9.17, 15) is 0 Å². The highest BCUT2D eigenvalue weighted by molar-refractivity contribution is 7.26. The Balaban J connectivity index is 1.77. The molecule has 0 aliphatic heterocycles. The number of hydrogen-bond acceptors (Lipinski definition) is 4. The van der Waals surface area contributed by atoms with Gasteiger partial charge in [0.15, 0.2) is 11.6 Å². The first-order valence-electron chi connectivity index (χ1n) is 9.04. The van der Waals surface area contributed by atoms with Crippen LogP contribution in [0.3, 0.4) is 0 Å². The molecule has 3 aromatic carbocycles. The molecule has 0 atom stereocenters. The van der Waals surface area contributed by atoms with Crippen LogP contribution in [0.15, 0.2) is 72.8 Å². The first-order chi connectivity index (χ1) is 13.3. The molecule has 0 N–H and O–H groups in total. The number of benzene rings is 3. The summed E-state index contributed by atoms with van der Waals surface area (Å²) < 4.78 is 2.51. The number of fused-ring (bicyclic) bond motifs is 3. The van der Waals surface area contributed by atoms with Crippen molar-refractivity contribution >= 4 is 31.5 Å². The van der Waals surface area contributed by atoms with Gasteiger partial charge in [-0.1, -0.05) is 67.6 Å². The first-order valence-corrected chi connectivity index (χ1v) is 9.86. The van der Waals surface area contributed by atoms with Gasteiger partial charge in [-0.15, -0.1) is 11.3 Å². The molecule has 5 rings (SSSR count). The van der Waals surface area contributed by atoms with Crippen LogP contribution in [-0.2, 0) is 6.42 Å². The van der Waals surface area contributed by atoms with Crippen molar-refractivity contribution in [1.29, 1.82) is 0 Å². The maximum atomic E-state index is 4.83. The zero-order valence-corrected chi connectivity index (χ0v) is 15.7. The van der Waals surface area contributed by atoms with E-state index in [4.69, 9.17) is 9.97 Å². The first kappa shape index (κ1) is 16.1. The third-order valence-corrected chi connectivity index (χ3v) is 5.89. The van der Waals surface area contributed by atoms with Crippen molar-refractivity contribution in [2.75, 3.05) is 0 Å². The topological polar surface area (TPSA) is 38.7 Å². The molecule has 130 valence electrons. The Kier molecular flexibility index (Phi) is 3.91. The molecule has 2 heterocycles. The van der Waals surface area contributed by atoms with E-state index in [1.807, 2.05) is 30.3 Å². The summed E-state index contributed by atoms with van der Waals surface area (Å²) in [6.07, 6.45) is 0.776. The number of rotatable bonds is 3. The summed E-state index contributed by atoms with van der Waals surface area (Å²) in [5, 5.41) is 2.54. The monoisotopic (exact) mass is 367 g/mol. The molecule has 2 aromatic heterocycles. The number of aromatic nitrogens is 3. The fourth-order valence-electron chi connectivity index (χ4n) is 3.34. The van der Waals surface area contributed by atoms with Gasteiger partial charge in [0.2, 0.25) is 0 Å². The van der Waals surface area contributed by atoms with Gasteiger partial charge >= 0.3 is 0 Å². The normalized spacial score (nSPS) is 11.3. The number of thiophene rings is 1. The number of aryl methyl sites for hydroxylation is 1. The lowest BCUT2D eigenvalue weighted by Gasteiger charge is -2.07. The van der Waals surface area contributed by atoms with Gasteiger partial charge < -0.3 is 0 Å². The Morgan fingerprint density at radius 1 is 0.704 bits per heavy atom. The molecule has 0 fully saturated rings. The molecule has 0 unspecified atom stereocenters. The second-order valence-electron chi connectivity index (χ2n) is 6.40. The fraction of sp³-hybridized carbons (Fsp3) is 0.0870. The van der Waals surface area contributed by atoms with Crippen molar-refractivity contribution in [2.45, 2.75) is 13.3 Å². The second kappa shape index (κ2) is 6.56. The summed E-state index contributed by atoms with van der Waals surface area (Å²) in [4.78, 5) is 14.2. The van der Waals surface area contributed by atoms with Gasteiger partial charge in [0.1, 0.15) is 5.82 Å². The Hall–Kier alpha value is -3.11. The molecular weight excluding hydrogens is 350 g/mol. The van der Waals surface area contributed by atoms with Crippen molar-refractivity contribution in [3.63, 3.8) is 0 Å². The van der Waals surface area contributed by atoms with E-state index in [1.165, 1.54) is 20.2 Å². The fourth-order valence-corrected chi connectivity index (χ4v) is 4.55. The SMILES string of the molecule is CCc1nc(-c2ccccc2)nc(-c2cccc3c2sc2ccccc23)n1. The van der Waals surface area contributed by atoms with Crippen molar-refractivity contribution in [1.82, 2.24) is 15.0 Å². The highest BCUT2D eigenvalue weighted by Gasteiger charge is 2.14. The van der Waals surface area contributed by atoms with Crippen molar-refractivity contribution in [3.8, 4) is 22.8 Å². The van der Waals surface area contributed by atoms with E-state index in [2.05, 4.69) is 54.4 Å². The maximum Gasteiger partial charge on any atom is 0.165 e. The third-order valence-electron chi connectivity index (χ3n) is 4.68. The zero-order chi connectivity index (χ0) is 18.2. The van der Waals surface area contributed by atoms with Crippen molar-refractivity contribution in [3.05, 3.63) is 78.6 Å². The third kappa shape index (κ3) is 2.78. The van der Waals surface area contributed by atoms with E-state index in [1.54, 1.807) is 11.3 Å². The van der Waals surface area contributed by atoms with Crippen LogP contribution in [0.1, 0.15) is 12.7 Å². The lowest BCUT2D eigenvalue weighted by Crippen LogP contribution is -2.02. The quantitative estimate of drug-likeness (QED) is 0.385. The van der Waals surface area contributed by atoms with E-state index >= 15 is 0 Å². The summed E-state index contributed by atoms with van der Waals surface area (Å²) in [6, 6.07) is 25.0. The van der Waals surface area contributed by atoms with Gasteiger partial charge in [0.05, 0.1) is 0 Å². The lowest BCUT2D eigenvalue weighted by molar-refractivity contribution is 0.911. The van der Waals surface area contributed by atoms with Crippen LogP contribution < -0.4 is 0 Å². The van der Waals surface area contributed by atoms with E-state index in [-0.39, 0.29) is 0 Å². The summed E-state index contributed by atoms with van der Waals surface area (Å²) in [5.74, 6) is 2.30. The van der Waals surface area contributed by atoms with Gasteiger partial charge in [-0.2, -0.15) is 0 Å². The van der Waals surface area contributed by atoms with Crippen LogP contribution >= 0.6 is 11.3 Å². The molecule has 0 aliphatic rings. The largest absolute Gasteiger partial charge is 0.213 e. The van der Waals surface area contributed by atoms with Crippen molar-refractivity contribution in [2.24, 2.45) is 0 Å². The molecule has 4 heteroatoms. The van der Waals surface area contributed by atoms with Crippen LogP contribution in [0.2, 0.25) is 0 Å². The average Bonchev–Trinajstić information content (AvgIpc) is 3.13. The molecule has 5 aromatic rings. The Bertz CT molecular complexity index is 1260. The molecule has 0 radical (unpaired) electrons. The Labute approximate surface area is 161 Å². The lowest BCUT2D eigenvalue weighted by atomic mass is 10.1. The number of hydrogen-bond donors (Lipinski definition) is 0. The minimum absolute atomic E-state index is 0.732. The summed E-state index contributed by atoms with van der Waals surface area (Å²) in [5.41, 5.74) is 2.09. The second-order valence-corrected chi connectivity index (χ2v) is 7.45. The molecule has 0 aliphatic carbocycles. The molecule has 0 bridgehead atoms. The van der Waals surface area contributed by atoms with E-state index < -0.39 is 0 Å². The predicted molar refractivity (Wildman–Crippen MR) is 113 cm³/mol. The van der Waals surface area contributed by atoms with Gasteiger partial charge in [0.25, 0.3) is 0 Å². The van der Waals surface area contributed by atoms with Gasteiger partial charge in [-0.05, 0) is 12.1 Å². The molecular formula is C23H17N3S. The van der Waals surface area contributed by atoms with Crippen LogP contribution in [0.25, 0.3) is 42.9 Å². The predicted octanol–water partition coefficient (Wildman–Crippen LogP) is 6.14. The summed E-state index contributed by atoms with van der Waals surface area (Å²) in [6.45, 7) is 2.08. The summed E-state index contributed by atoms with van der Waals surface area (Å²) in [7, 11) is 0. The van der Waals surface area contributed by atoms with Crippen LogP contribution in [0.5, 0.6) is 0 Å². The molecule has 0 spiro atoms. The number of nitrogens with zero attached hydrogens (tertiary/aromatic N) is 3. The van der Waals surface area contributed by atoms with Gasteiger partial charge in [-0.3, -0.25) is 0 Å². The minimum Gasteiger partial charge on any atom is -0.213 e. The molecule has 27 heavy (non-hydrogen) atoms. The zero-order valence-electron chi connectivity index (χ0n) is 14.9. The van der Waals surface area contributed by atoms with E-state index in [0.717, 1.165) is 35.0 Å².